The minimum absolute atomic E-state index is 0.00718. The van der Waals surface area contributed by atoms with E-state index in [0.29, 0.717) is 24.2 Å². The van der Waals surface area contributed by atoms with Gasteiger partial charge >= 0.3 is 0 Å². The molecular formula is C21H28O4S. The van der Waals surface area contributed by atoms with Crippen molar-refractivity contribution in [3.8, 4) is 0 Å². The molecule has 26 heavy (non-hydrogen) atoms. The lowest BCUT2D eigenvalue weighted by Crippen LogP contribution is -2.53. The molecule has 142 valence electrons. The van der Waals surface area contributed by atoms with Gasteiger partial charge in [0.2, 0.25) is 0 Å². The molecule has 4 aliphatic carbocycles. The lowest BCUT2D eigenvalue weighted by Gasteiger charge is -2.57. The van der Waals surface area contributed by atoms with Gasteiger partial charge in [-0.1, -0.05) is 6.92 Å². The van der Waals surface area contributed by atoms with Crippen LogP contribution in [0.3, 0.4) is 0 Å². The van der Waals surface area contributed by atoms with E-state index in [1.54, 1.807) is 0 Å². The topological polar surface area (TPSA) is 71.4 Å². The van der Waals surface area contributed by atoms with E-state index in [0.717, 1.165) is 44.3 Å². The molecule has 2 unspecified atom stereocenters. The summed E-state index contributed by atoms with van der Waals surface area (Å²) in [6.45, 7) is 1.93. The molecule has 0 spiro atoms. The van der Waals surface area contributed by atoms with Crippen molar-refractivity contribution in [2.75, 3.05) is 12.4 Å². The number of fused-ring (bicyclic) bond motifs is 3. The first kappa shape index (κ1) is 17.3. The van der Waals surface area contributed by atoms with Crippen molar-refractivity contribution in [2.24, 2.45) is 34.5 Å². The van der Waals surface area contributed by atoms with Gasteiger partial charge in [-0.05, 0) is 73.3 Å². The minimum atomic E-state index is -0.857. The van der Waals surface area contributed by atoms with E-state index in [4.69, 9.17) is 0 Å². The second kappa shape index (κ2) is 5.60. The maximum Gasteiger partial charge on any atom is 0.161 e. The van der Waals surface area contributed by atoms with Crippen molar-refractivity contribution in [1.29, 1.82) is 0 Å². The summed E-state index contributed by atoms with van der Waals surface area (Å²) in [5.74, 6) is 2.50. The van der Waals surface area contributed by atoms with E-state index < -0.39 is 10.8 Å². The largest absolute Gasteiger partial charge is 0.389 e. The monoisotopic (exact) mass is 376 g/mol. The Morgan fingerprint density at radius 2 is 2.08 bits per heavy atom. The van der Waals surface area contributed by atoms with Crippen LogP contribution < -0.4 is 0 Å². The molecule has 0 aromatic carbocycles. The van der Waals surface area contributed by atoms with Crippen LogP contribution in [0.1, 0.15) is 51.9 Å². The van der Waals surface area contributed by atoms with Gasteiger partial charge in [-0.2, -0.15) is 0 Å². The number of ketones is 2. The minimum Gasteiger partial charge on any atom is -0.389 e. The fourth-order valence-corrected chi connectivity index (χ4v) is 10.1. The SMILES string of the molecule is C[C@]12CC[C@H]3[C@@H](C[C@@H]4C5=CC(=O)CC[C@@]53CS4=O)[C@@H]1CCC2C(=O)CO. The van der Waals surface area contributed by atoms with Gasteiger partial charge in [-0.3, -0.25) is 13.8 Å². The van der Waals surface area contributed by atoms with E-state index in [2.05, 4.69) is 6.92 Å². The molecule has 0 aromatic rings. The highest BCUT2D eigenvalue weighted by molar-refractivity contribution is 7.86. The number of carbonyl (C=O) groups excluding carboxylic acids is 2. The molecule has 4 nitrogen and oxygen atoms in total. The highest BCUT2D eigenvalue weighted by Crippen LogP contribution is 2.69. The van der Waals surface area contributed by atoms with E-state index in [9.17, 15) is 18.9 Å². The summed E-state index contributed by atoms with van der Waals surface area (Å²) < 4.78 is 12.9. The fraction of sp³-hybridized carbons (Fsp3) is 0.810. The highest BCUT2D eigenvalue weighted by atomic mass is 32.2. The quantitative estimate of drug-likeness (QED) is 0.803. The maximum absolute atomic E-state index is 12.9. The molecule has 8 atom stereocenters. The Labute approximate surface area is 157 Å². The predicted molar refractivity (Wildman–Crippen MR) is 98.8 cm³/mol. The number of aliphatic hydroxyl groups excluding tert-OH is 1. The number of aliphatic hydroxyl groups is 1. The molecule has 5 heteroatoms. The van der Waals surface area contributed by atoms with E-state index >= 15 is 0 Å². The molecule has 5 aliphatic rings. The first-order chi connectivity index (χ1) is 12.4. The molecule has 1 N–H and O–H groups in total. The summed E-state index contributed by atoms with van der Waals surface area (Å²) in [5, 5.41) is 9.48. The van der Waals surface area contributed by atoms with Crippen LogP contribution in [0, 0.1) is 34.5 Å². The fourth-order valence-electron chi connectivity index (χ4n) is 7.87. The summed E-state index contributed by atoms with van der Waals surface area (Å²) in [4.78, 5) is 24.4. The van der Waals surface area contributed by atoms with Crippen molar-refractivity contribution >= 4 is 22.4 Å². The zero-order valence-corrected chi connectivity index (χ0v) is 16.2. The third-order valence-electron chi connectivity index (χ3n) is 8.95. The van der Waals surface area contributed by atoms with Crippen LogP contribution in [0.25, 0.3) is 0 Å². The molecule has 2 bridgehead atoms. The summed E-state index contributed by atoms with van der Waals surface area (Å²) in [6, 6.07) is 0. The van der Waals surface area contributed by atoms with Crippen LogP contribution in [-0.4, -0.2) is 38.5 Å². The Kier molecular flexibility index (Phi) is 3.73. The van der Waals surface area contributed by atoms with Gasteiger partial charge in [0.05, 0.1) is 5.25 Å². The van der Waals surface area contributed by atoms with Crippen molar-refractivity contribution < 1.29 is 18.9 Å². The van der Waals surface area contributed by atoms with Crippen molar-refractivity contribution in [3.63, 3.8) is 0 Å². The normalized spacial score (nSPS) is 52.1. The average molecular weight is 377 g/mol. The van der Waals surface area contributed by atoms with E-state index in [1.165, 1.54) is 5.57 Å². The zero-order chi connectivity index (χ0) is 18.3. The molecule has 1 heterocycles. The third-order valence-corrected chi connectivity index (χ3v) is 10.8. The van der Waals surface area contributed by atoms with Crippen LogP contribution in [0.4, 0.5) is 0 Å². The summed E-state index contributed by atoms with van der Waals surface area (Å²) in [5.41, 5.74) is 1.20. The summed E-state index contributed by atoms with van der Waals surface area (Å²) in [7, 11) is -0.857. The number of Topliss-reactive ketones (excluding diaryl/α,β-unsaturated/α-hetero) is 1. The van der Waals surface area contributed by atoms with Gasteiger partial charge in [-0.25, -0.2) is 0 Å². The Morgan fingerprint density at radius 1 is 1.27 bits per heavy atom. The van der Waals surface area contributed by atoms with Crippen LogP contribution in [0.2, 0.25) is 0 Å². The number of carbonyl (C=O) groups is 2. The number of hydrogen-bond acceptors (Lipinski definition) is 4. The van der Waals surface area contributed by atoms with Crippen molar-refractivity contribution in [1.82, 2.24) is 0 Å². The van der Waals surface area contributed by atoms with Crippen LogP contribution >= 0.6 is 0 Å². The molecule has 4 fully saturated rings. The first-order valence-corrected chi connectivity index (χ1v) is 11.5. The summed E-state index contributed by atoms with van der Waals surface area (Å²) in [6.07, 6.45) is 8.31. The van der Waals surface area contributed by atoms with Crippen LogP contribution in [-0.2, 0) is 20.4 Å². The molecule has 5 rings (SSSR count). The molecule has 3 saturated carbocycles. The Balaban J connectivity index is 1.54. The lowest BCUT2D eigenvalue weighted by atomic mass is 9.46. The molecular weight excluding hydrogens is 348 g/mol. The van der Waals surface area contributed by atoms with Gasteiger partial charge in [0.15, 0.2) is 11.6 Å². The van der Waals surface area contributed by atoms with Gasteiger partial charge in [-0.15, -0.1) is 0 Å². The van der Waals surface area contributed by atoms with Crippen molar-refractivity contribution in [3.05, 3.63) is 11.6 Å². The molecule has 0 aromatic heterocycles. The van der Waals surface area contributed by atoms with Crippen LogP contribution in [0.15, 0.2) is 11.6 Å². The highest BCUT2D eigenvalue weighted by Gasteiger charge is 2.66. The zero-order valence-electron chi connectivity index (χ0n) is 15.4. The number of hydrogen-bond donors (Lipinski definition) is 1. The lowest BCUT2D eigenvalue weighted by molar-refractivity contribution is -0.132. The van der Waals surface area contributed by atoms with Crippen molar-refractivity contribution in [2.45, 2.75) is 57.1 Å². The van der Waals surface area contributed by atoms with Crippen LogP contribution in [0.5, 0.6) is 0 Å². The average Bonchev–Trinajstić information content (AvgIpc) is 3.06. The standard InChI is InChI=1S/C21H28O4S/c1-20-6-5-15-13(14(20)2-3-16(20)18(24)10-22)9-19-17-8-12(23)4-7-21(15,17)11-26(19)25/h8,13-16,19,22H,2-7,9-11H2,1H3/t13-,14-,15-,16?,19+,20-,21-,26?/m0/s1. The predicted octanol–water partition coefficient (Wildman–Crippen LogP) is 2.42. The van der Waals surface area contributed by atoms with Gasteiger partial charge < -0.3 is 5.11 Å². The third kappa shape index (κ3) is 2.02. The van der Waals surface area contributed by atoms with Gasteiger partial charge in [0.25, 0.3) is 0 Å². The first-order valence-electron chi connectivity index (χ1n) is 10.2. The smallest absolute Gasteiger partial charge is 0.161 e. The number of rotatable bonds is 2. The van der Waals surface area contributed by atoms with Gasteiger partial charge in [0.1, 0.15) is 6.61 Å². The second-order valence-electron chi connectivity index (χ2n) is 9.65. The Morgan fingerprint density at radius 3 is 2.85 bits per heavy atom. The maximum atomic E-state index is 12.9. The summed E-state index contributed by atoms with van der Waals surface area (Å²) >= 11 is 0. The Bertz CT molecular complexity index is 742. The second-order valence-corrected chi connectivity index (χ2v) is 11.3. The molecule has 0 radical (unpaired) electrons. The Hall–Kier alpha value is -0.810. The van der Waals surface area contributed by atoms with E-state index in [1.807, 2.05) is 6.08 Å². The molecule has 1 aliphatic heterocycles. The van der Waals surface area contributed by atoms with E-state index in [-0.39, 0.29) is 40.2 Å². The van der Waals surface area contributed by atoms with Gasteiger partial charge in [0, 0.05) is 34.3 Å². The molecule has 1 saturated heterocycles. The molecule has 0 amide bonds.